The number of carbonyl (C=O) groups excluding carboxylic acids is 1. The largest absolute Gasteiger partial charge is 0.446 e. The molecule has 1 saturated heterocycles. The molecule has 0 amide bonds. The van der Waals surface area contributed by atoms with Crippen LogP contribution in [0.5, 0.6) is 0 Å². The van der Waals surface area contributed by atoms with Gasteiger partial charge in [0, 0.05) is 0 Å². The summed E-state index contributed by atoms with van der Waals surface area (Å²) in [6.45, 7) is 11.1. The van der Waals surface area contributed by atoms with E-state index in [2.05, 4.69) is 9.37 Å². The SMILES string of the molecule is CC(=N)N.Cl.[C-]#[N+]C(CC1(C)OCCO1)C(=O)OP. The Bertz CT molecular complexity index is 338. The first-order valence-corrected chi connectivity index (χ1v) is 5.67. The van der Waals surface area contributed by atoms with Crippen LogP contribution in [0.1, 0.15) is 20.3 Å². The Morgan fingerprint density at radius 3 is 2.37 bits per heavy atom. The number of nitrogens with zero attached hydrogens (tertiary/aromatic N) is 1. The van der Waals surface area contributed by atoms with Gasteiger partial charge in [0.05, 0.1) is 34.9 Å². The number of nitrogens with one attached hydrogen (secondary N) is 1. The van der Waals surface area contributed by atoms with E-state index >= 15 is 0 Å². The first-order chi connectivity index (χ1) is 8.34. The lowest BCUT2D eigenvalue weighted by atomic mass is 10.1. The highest BCUT2D eigenvalue weighted by molar-refractivity contribution is 7.10. The number of hydrogen-bond donors (Lipinski definition) is 2. The summed E-state index contributed by atoms with van der Waals surface area (Å²) in [5, 5.41) is 6.28. The number of halogens is 1. The van der Waals surface area contributed by atoms with Gasteiger partial charge in [-0.2, -0.15) is 0 Å². The zero-order valence-electron chi connectivity index (χ0n) is 10.8. The van der Waals surface area contributed by atoms with Crippen molar-refractivity contribution in [1.29, 1.82) is 5.41 Å². The summed E-state index contributed by atoms with van der Waals surface area (Å²) in [7, 11) is 1.83. The van der Waals surface area contributed by atoms with Crippen LogP contribution in [0, 0.1) is 12.0 Å². The number of nitrogens with two attached hydrogens (primary N) is 1. The second kappa shape index (κ2) is 9.93. The van der Waals surface area contributed by atoms with Crippen LogP contribution in [0.25, 0.3) is 4.85 Å². The molecular weight excluding hydrogens is 293 g/mol. The Morgan fingerprint density at radius 1 is 1.63 bits per heavy atom. The molecule has 0 aromatic rings. The first-order valence-electron chi connectivity index (χ1n) is 5.20. The average molecular weight is 312 g/mol. The van der Waals surface area contributed by atoms with Gasteiger partial charge in [-0.25, -0.2) is 11.4 Å². The van der Waals surface area contributed by atoms with Crippen LogP contribution in [-0.2, 0) is 18.8 Å². The molecule has 0 saturated carbocycles. The van der Waals surface area contributed by atoms with Crippen LogP contribution in [0.2, 0.25) is 0 Å². The van der Waals surface area contributed by atoms with Gasteiger partial charge in [0.15, 0.2) is 5.79 Å². The molecule has 0 bridgehead atoms. The topological polar surface area (TPSA) is 99.0 Å². The summed E-state index contributed by atoms with van der Waals surface area (Å²) in [5.41, 5.74) is 4.69. The van der Waals surface area contributed by atoms with Crippen LogP contribution >= 0.6 is 21.9 Å². The molecule has 0 radical (unpaired) electrons. The van der Waals surface area contributed by atoms with Crippen LogP contribution < -0.4 is 5.73 Å². The highest BCUT2D eigenvalue weighted by Gasteiger charge is 2.40. The minimum Gasteiger partial charge on any atom is -0.446 e. The second-order valence-electron chi connectivity index (χ2n) is 3.80. The molecule has 1 aliphatic heterocycles. The van der Waals surface area contributed by atoms with Gasteiger partial charge in [-0.3, -0.25) is 5.41 Å². The van der Waals surface area contributed by atoms with E-state index in [0.717, 1.165) is 0 Å². The highest BCUT2D eigenvalue weighted by atomic mass is 35.5. The van der Waals surface area contributed by atoms with Crippen LogP contribution in [0.3, 0.4) is 0 Å². The normalized spacial score (nSPS) is 16.9. The Kier molecular flexibility index (Phi) is 10.7. The third kappa shape index (κ3) is 8.73. The number of rotatable bonds is 3. The Balaban J connectivity index is 0. The third-order valence-corrected chi connectivity index (χ3v) is 2.24. The Labute approximate surface area is 121 Å². The number of amidine groups is 1. The maximum atomic E-state index is 11.1. The average Bonchev–Trinajstić information content (AvgIpc) is 2.71. The molecule has 1 heterocycles. The van der Waals surface area contributed by atoms with Crippen molar-refractivity contribution >= 4 is 33.7 Å². The van der Waals surface area contributed by atoms with E-state index in [1.54, 1.807) is 6.92 Å². The lowest BCUT2D eigenvalue weighted by Gasteiger charge is -2.21. The van der Waals surface area contributed by atoms with E-state index in [-0.39, 0.29) is 24.7 Å². The standard InChI is InChI=1S/C8H12NO4P.C2H6N2.ClH/c1-8(11-3-4-12-8)5-6(9-2)7(10)13-14;1-2(3)4;/h6H,3-5,14H2,1H3;1H3,(H3,3,4);1H. The van der Waals surface area contributed by atoms with Crippen molar-refractivity contribution in [1.82, 2.24) is 0 Å². The van der Waals surface area contributed by atoms with Crippen molar-refractivity contribution in [3.63, 3.8) is 0 Å². The molecular formula is C10H19ClN3O4P. The molecule has 19 heavy (non-hydrogen) atoms. The summed E-state index contributed by atoms with van der Waals surface area (Å²) in [4.78, 5) is 14.3. The molecule has 0 aliphatic carbocycles. The quantitative estimate of drug-likeness (QED) is 0.352. The molecule has 2 atom stereocenters. The summed E-state index contributed by atoms with van der Waals surface area (Å²) in [6, 6.07) is -0.865. The predicted octanol–water partition coefficient (Wildman–Crippen LogP) is 1.12. The molecule has 110 valence electrons. The highest BCUT2D eigenvalue weighted by Crippen LogP contribution is 2.25. The van der Waals surface area contributed by atoms with E-state index in [9.17, 15) is 4.79 Å². The van der Waals surface area contributed by atoms with Gasteiger partial charge in [-0.05, 0) is 13.8 Å². The molecule has 9 heteroatoms. The van der Waals surface area contributed by atoms with E-state index in [0.29, 0.717) is 13.2 Å². The summed E-state index contributed by atoms with van der Waals surface area (Å²) in [6.07, 6.45) is 0.198. The van der Waals surface area contributed by atoms with Crippen LogP contribution in [0.15, 0.2) is 0 Å². The molecule has 1 aliphatic rings. The minimum atomic E-state index is -0.865. The van der Waals surface area contributed by atoms with E-state index in [4.69, 9.17) is 27.2 Å². The van der Waals surface area contributed by atoms with E-state index in [1.165, 1.54) is 6.92 Å². The maximum Gasteiger partial charge on any atom is 0.392 e. The van der Waals surface area contributed by atoms with E-state index in [1.807, 2.05) is 9.47 Å². The summed E-state index contributed by atoms with van der Waals surface area (Å²) in [5.74, 6) is -1.24. The predicted molar refractivity (Wildman–Crippen MR) is 76.0 cm³/mol. The Hall–Kier alpha value is -0.930. The molecule has 0 aromatic heterocycles. The van der Waals surface area contributed by atoms with Crippen molar-refractivity contribution in [3.8, 4) is 0 Å². The lowest BCUT2D eigenvalue weighted by Crippen LogP contribution is -2.33. The number of ether oxygens (including phenoxy) is 2. The van der Waals surface area contributed by atoms with E-state index < -0.39 is 17.8 Å². The minimum absolute atomic E-state index is 0. The smallest absolute Gasteiger partial charge is 0.392 e. The van der Waals surface area contributed by atoms with Crippen molar-refractivity contribution < 1.29 is 18.8 Å². The number of carbonyl (C=O) groups is 1. The van der Waals surface area contributed by atoms with Crippen molar-refractivity contribution in [3.05, 3.63) is 11.4 Å². The third-order valence-electron chi connectivity index (χ3n) is 2.01. The monoisotopic (exact) mass is 311 g/mol. The van der Waals surface area contributed by atoms with Gasteiger partial charge in [0.25, 0.3) is 0 Å². The fraction of sp³-hybridized carbons (Fsp3) is 0.700. The van der Waals surface area contributed by atoms with Gasteiger partial charge < -0.3 is 24.6 Å². The van der Waals surface area contributed by atoms with Gasteiger partial charge in [0.2, 0.25) is 0 Å². The summed E-state index contributed by atoms with van der Waals surface area (Å²) >= 11 is 0. The van der Waals surface area contributed by atoms with Gasteiger partial charge >= 0.3 is 12.0 Å². The Morgan fingerprint density at radius 2 is 2.05 bits per heavy atom. The lowest BCUT2D eigenvalue weighted by molar-refractivity contribution is -0.157. The fourth-order valence-electron chi connectivity index (χ4n) is 1.29. The maximum absolute atomic E-state index is 11.1. The fourth-order valence-corrected chi connectivity index (χ4v) is 1.44. The first kappa shape index (κ1) is 20.4. The molecule has 7 nitrogen and oxygen atoms in total. The molecule has 3 N–H and O–H groups in total. The number of hydrogen-bond acceptors (Lipinski definition) is 5. The zero-order valence-corrected chi connectivity index (χ0v) is 12.8. The van der Waals surface area contributed by atoms with Crippen molar-refractivity contribution in [2.24, 2.45) is 5.73 Å². The second-order valence-corrected chi connectivity index (χ2v) is 4.04. The zero-order chi connectivity index (χ0) is 14.2. The summed E-state index contributed by atoms with van der Waals surface area (Å²) < 4.78 is 15.0. The van der Waals surface area contributed by atoms with Crippen LogP contribution in [-0.4, -0.2) is 36.8 Å². The van der Waals surface area contributed by atoms with Crippen molar-refractivity contribution in [2.75, 3.05) is 13.2 Å². The van der Waals surface area contributed by atoms with Gasteiger partial charge in [-0.1, -0.05) is 0 Å². The molecule has 2 unspecified atom stereocenters. The van der Waals surface area contributed by atoms with Gasteiger partial charge in [0.1, 0.15) is 0 Å². The van der Waals surface area contributed by atoms with Crippen LogP contribution in [0.4, 0.5) is 0 Å². The molecule has 1 rings (SSSR count). The molecule has 0 aromatic carbocycles. The van der Waals surface area contributed by atoms with Gasteiger partial charge in [-0.15, -0.1) is 12.4 Å². The van der Waals surface area contributed by atoms with Crippen molar-refractivity contribution in [2.45, 2.75) is 32.1 Å². The molecule has 1 fully saturated rings. The molecule has 0 spiro atoms.